The number of unbranched alkanes of at least 4 members (excludes halogenated alkanes) is 16. The molecule has 0 spiro atoms. The average molecular weight is 366 g/mol. The molecule has 0 aliphatic carbocycles. The van der Waals surface area contributed by atoms with Crippen molar-refractivity contribution in [2.24, 2.45) is 0 Å². The highest BCUT2D eigenvalue weighted by molar-refractivity contribution is 4.49. The maximum atomic E-state index is 2.30. The van der Waals surface area contributed by atoms with E-state index in [-0.39, 0.29) is 23.1 Å². The number of halogens is 1. The monoisotopic (exact) mass is 365 g/mol. The van der Waals surface area contributed by atoms with Crippen LogP contribution in [0.5, 0.6) is 0 Å². The molecule has 0 unspecified atom stereocenters. The minimum absolute atomic E-state index is 0. The summed E-state index contributed by atoms with van der Waals surface area (Å²) in [6.07, 6.45) is 24.9. The average Bonchev–Trinajstić information content (AvgIpc) is 2.43. The molecule has 0 atom stereocenters. The zero-order chi connectivity index (χ0) is 14.0. The first kappa shape index (κ1) is 26.3. The molecule has 0 rings (SSSR count). The smallest absolute Gasteiger partial charge is 0.0533 e. The zero-order valence-electron chi connectivity index (χ0n) is 15.4. The van der Waals surface area contributed by atoms with E-state index in [1.54, 1.807) is 0 Å². The standard InChI is InChI=1S/C19H40.BrH.H3N/c1-3-5-7-9-11-13-15-17-19-18-16-14-12-10-8-6-4-2;;/h3-19H2,1-2H3;1H;1H3. The molecule has 0 aromatic rings. The lowest BCUT2D eigenvalue weighted by atomic mass is 10.0. The van der Waals surface area contributed by atoms with Gasteiger partial charge in [0.2, 0.25) is 0 Å². The Kier molecular flexibility index (Phi) is 31.9. The van der Waals surface area contributed by atoms with E-state index in [0.717, 1.165) is 0 Å². The third-order valence-electron chi connectivity index (χ3n) is 4.21. The number of rotatable bonds is 16. The quantitative estimate of drug-likeness (QED) is 0.372. The molecule has 0 bridgehead atoms. The molecule has 0 aromatic carbocycles. The Bertz CT molecular complexity index is 135. The first-order valence-electron chi connectivity index (χ1n) is 9.41. The van der Waals surface area contributed by atoms with Crippen LogP contribution in [0.25, 0.3) is 0 Å². The minimum Gasteiger partial charge on any atom is -1.00 e. The van der Waals surface area contributed by atoms with Gasteiger partial charge in [0.05, 0.1) is 0 Å². The Balaban J connectivity index is -0.00000162. The second-order valence-corrected chi connectivity index (χ2v) is 6.30. The van der Waals surface area contributed by atoms with Gasteiger partial charge in [-0.1, -0.05) is 123 Å². The summed E-state index contributed by atoms with van der Waals surface area (Å²) >= 11 is 0. The predicted molar refractivity (Wildman–Crippen MR) is 95.8 cm³/mol. The number of hydrogen-bond acceptors (Lipinski definition) is 0. The molecule has 21 heavy (non-hydrogen) atoms. The molecule has 0 aliphatic heterocycles. The van der Waals surface area contributed by atoms with Crippen molar-refractivity contribution in [2.45, 2.75) is 123 Å². The van der Waals surface area contributed by atoms with Crippen LogP contribution in [0.2, 0.25) is 0 Å². The molecule has 132 valence electrons. The highest BCUT2D eigenvalue weighted by atomic mass is 79.9. The topological polar surface area (TPSA) is 36.5 Å². The van der Waals surface area contributed by atoms with Gasteiger partial charge in [0.15, 0.2) is 0 Å². The lowest BCUT2D eigenvalue weighted by Gasteiger charge is -2.03. The van der Waals surface area contributed by atoms with Gasteiger partial charge >= 0.3 is 0 Å². The summed E-state index contributed by atoms with van der Waals surface area (Å²) in [4.78, 5) is 0. The Morgan fingerprint density at radius 1 is 0.333 bits per heavy atom. The van der Waals surface area contributed by atoms with Crippen molar-refractivity contribution < 1.29 is 17.0 Å². The first-order valence-corrected chi connectivity index (χ1v) is 9.41. The van der Waals surface area contributed by atoms with Gasteiger partial charge in [-0.2, -0.15) is 0 Å². The van der Waals surface area contributed by atoms with Gasteiger partial charge in [-0.05, 0) is 0 Å². The summed E-state index contributed by atoms with van der Waals surface area (Å²) in [7, 11) is 0. The molecular formula is C19H44BrN. The van der Waals surface area contributed by atoms with Crippen LogP contribution >= 0.6 is 0 Å². The highest BCUT2D eigenvalue weighted by Crippen LogP contribution is 2.13. The van der Waals surface area contributed by atoms with E-state index in [9.17, 15) is 0 Å². The minimum atomic E-state index is 0. The molecule has 4 N–H and O–H groups in total. The predicted octanol–water partition coefficient (Wildman–Crippen LogP) is 5.04. The summed E-state index contributed by atoms with van der Waals surface area (Å²) in [5.74, 6) is 0. The lowest BCUT2D eigenvalue weighted by molar-refractivity contribution is -0.00000482. The van der Waals surface area contributed by atoms with E-state index in [1.807, 2.05) is 0 Å². The normalized spacial score (nSPS) is 10.0. The van der Waals surface area contributed by atoms with Crippen LogP contribution in [0.3, 0.4) is 0 Å². The van der Waals surface area contributed by atoms with Crippen molar-refractivity contribution >= 4 is 0 Å². The maximum Gasteiger partial charge on any atom is -0.0533 e. The van der Waals surface area contributed by atoms with Gasteiger partial charge in [-0.15, -0.1) is 0 Å². The summed E-state index contributed by atoms with van der Waals surface area (Å²) < 4.78 is 0. The van der Waals surface area contributed by atoms with Crippen molar-refractivity contribution in [3.05, 3.63) is 0 Å². The molecule has 0 aromatic heterocycles. The van der Waals surface area contributed by atoms with Crippen LogP contribution in [0.4, 0.5) is 0 Å². The van der Waals surface area contributed by atoms with Gasteiger partial charge in [-0.25, -0.2) is 0 Å². The fraction of sp³-hybridized carbons (Fsp3) is 1.00. The van der Waals surface area contributed by atoms with Crippen LogP contribution < -0.4 is 23.1 Å². The molecule has 0 aliphatic rings. The first-order chi connectivity index (χ1) is 9.41. The second-order valence-electron chi connectivity index (χ2n) is 6.30. The molecule has 2 heteroatoms. The lowest BCUT2D eigenvalue weighted by Crippen LogP contribution is -3.00. The van der Waals surface area contributed by atoms with Gasteiger partial charge in [0.1, 0.15) is 0 Å². The summed E-state index contributed by atoms with van der Waals surface area (Å²) in [6, 6.07) is 0. The van der Waals surface area contributed by atoms with E-state index in [0.29, 0.717) is 0 Å². The fourth-order valence-electron chi connectivity index (χ4n) is 2.80. The van der Waals surface area contributed by atoms with Crippen molar-refractivity contribution in [2.75, 3.05) is 0 Å². The Hall–Kier alpha value is 0.440. The molecular weight excluding hydrogens is 322 g/mol. The van der Waals surface area contributed by atoms with Gasteiger partial charge in [0.25, 0.3) is 0 Å². The maximum absolute atomic E-state index is 2.30. The molecule has 0 heterocycles. The Morgan fingerprint density at radius 2 is 0.476 bits per heavy atom. The molecule has 0 saturated heterocycles. The van der Waals surface area contributed by atoms with Crippen LogP contribution in [-0.4, -0.2) is 0 Å². The van der Waals surface area contributed by atoms with E-state index >= 15 is 0 Å². The third-order valence-corrected chi connectivity index (χ3v) is 4.21. The van der Waals surface area contributed by atoms with Gasteiger partial charge in [-0.3, -0.25) is 0 Å². The van der Waals surface area contributed by atoms with Gasteiger partial charge in [0, 0.05) is 0 Å². The second kappa shape index (κ2) is 25.4. The summed E-state index contributed by atoms with van der Waals surface area (Å²) in [5.41, 5.74) is 0. The van der Waals surface area contributed by atoms with Crippen LogP contribution in [-0.2, 0) is 0 Å². The number of quaternary nitrogens is 1. The van der Waals surface area contributed by atoms with Crippen molar-refractivity contribution in [3.63, 3.8) is 0 Å². The molecule has 0 amide bonds. The van der Waals surface area contributed by atoms with E-state index in [2.05, 4.69) is 13.8 Å². The SMILES string of the molecule is CCCCCCCCCCCCCCCCCCC.[Br-].[NH4+]. The Labute approximate surface area is 146 Å². The Morgan fingerprint density at radius 3 is 0.619 bits per heavy atom. The van der Waals surface area contributed by atoms with Crippen LogP contribution in [0.1, 0.15) is 123 Å². The largest absolute Gasteiger partial charge is 1.00 e. The van der Waals surface area contributed by atoms with Crippen LogP contribution in [0.15, 0.2) is 0 Å². The molecule has 1 nitrogen and oxygen atoms in total. The van der Waals surface area contributed by atoms with E-state index in [4.69, 9.17) is 0 Å². The number of hydrogen-bond donors (Lipinski definition) is 1. The molecule has 0 fully saturated rings. The summed E-state index contributed by atoms with van der Waals surface area (Å²) in [5, 5.41) is 0. The van der Waals surface area contributed by atoms with E-state index < -0.39 is 0 Å². The molecule has 0 radical (unpaired) electrons. The third kappa shape index (κ3) is 25.7. The zero-order valence-corrected chi connectivity index (χ0v) is 17.0. The molecule has 0 saturated carbocycles. The van der Waals surface area contributed by atoms with E-state index in [1.165, 1.54) is 109 Å². The van der Waals surface area contributed by atoms with Crippen molar-refractivity contribution in [1.29, 1.82) is 0 Å². The highest BCUT2D eigenvalue weighted by Gasteiger charge is 1.94. The van der Waals surface area contributed by atoms with Gasteiger partial charge < -0.3 is 23.1 Å². The summed E-state index contributed by atoms with van der Waals surface area (Å²) in [6.45, 7) is 4.59. The fourth-order valence-corrected chi connectivity index (χ4v) is 2.80. The van der Waals surface area contributed by atoms with Crippen molar-refractivity contribution in [3.8, 4) is 0 Å². The van der Waals surface area contributed by atoms with Crippen molar-refractivity contribution in [1.82, 2.24) is 6.15 Å². The van der Waals surface area contributed by atoms with Crippen LogP contribution in [0, 0.1) is 0 Å².